The van der Waals surface area contributed by atoms with E-state index in [2.05, 4.69) is 0 Å². The highest BCUT2D eigenvalue weighted by Crippen LogP contribution is 2.21. The first-order valence-electron chi connectivity index (χ1n) is 5.44. The average Bonchev–Trinajstić information content (AvgIpc) is 2.89. The van der Waals surface area contributed by atoms with E-state index in [0.29, 0.717) is 11.3 Å². The first-order valence-corrected chi connectivity index (χ1v) is 5.44. The highest BCUT2D eigenvalue weighted by atomic mass is 19.4. The summed E-state index contributed by atoms with van der Waals surface area (Å²) in [5.41, 5.74) is 0.780. The number of nitrogens with one attached hydrogen (secondary N) is 1. The van der Waals surface area contributed by atoms with Crippen LogP contribution in [-0.4, -0.2) is 18.6 Å². The maximum Gasteiger partial charge on any atom is 0.405 e. The Bertz CT molecular complexity index is 562. The Morgan fingerprint density at radius 3 is 2.63 bits per heavy atom. The fourth-order valence-corrected chi connectivity index (χ4v) is 1.54. The molecule has 0 radical (unpaired) electrons. The first kappa shape index (κ1) is 13.2. The molecule has 0 saturated heterocycles. The lowest BCUT2D eigenvalue weighted by Gasteiger charge is -2.08. The number of alkyl halides is 3. The lowest BCUT2D eigenvalue weighted by Crippen LogP contribution is -2.33. The van der Waals surface area contributed by atoms with E-state index in [-0.39, 0.29) is 5.56 Å². The molecule has 0 fully saturated rings. The van der Waals surface area contributed by atoms with Crippen LogP contribution in [0.25, 0.3) is 11.3 Å². The van der Waals surface area contributed by atoms with Crippen molar-refractivity contribution < 1.29 is 22.4 Å². The molecule has 0 aliphatic heterocycles. The molecule has 0 aliphatic carbocycles. The zero-order valence-corrected chi connectivity index (χ0v) is 9.70. The van der Waals surface area contributed by atoms with Gasteiger partial charge >= 0.3 is 6.18 Å². The van der Waals surface area contributed by atoms with Gasteiger partial charge < -0.3 is 9.73 Å². The number of halogens is 3. The van der Waals surface area contributed by atoms with Crippen LogP contribution in [0.4, 0.5) is 13.2 Å². The Hall–Kier alpha value is -2.24. The highest BCUT2D eigenvalue weighted by Gasteiger charge is 2.27. The zero-order chi connectivity index (χ0) is 13.9. The van der Waals surface area contributed by atoms with Crippen molar-refractivity contribution in [2.75, 3.05) is 6.54 Å². The van der Waals surface area contributed by atoms with Crippen LogP contribution in [0, 0.1) is 0 Å². The van der Waals surface area contributed by atoms with E-state index in [1.807, 2.05) is 5.32 Å². The van der Waals surface area contributed by atoms with Gasteiger partial charge in [-0.15, -0.1) is 0 Å². The highest BCUT2D eigenvalue weighted by molar-refractivity contribution is 5.95. The summed E-state index contributed by atoms with van der Waals surface area (Å²) in [5.74, 6) is -0.226. The second-order valence-electron chi connectivity index (χ2n) is 3.86. The van der Waals surface area contributed by atoms with Gasteiger partial charge in [0.15, 0.2) is 0 Å². The lowest BCUT2D eigenvalue weighted by atomic mass is 10.1. The molecule has 2 rings (SSSR count). The molecule has 0 aliphatic rings. The maximum atomic E-state index is 12.0. The van der Waals surface area contributed by atoms with Crippen LogP contribution in [0.3, 0.4) is 0 Å². The van der Waals surface area contributed by atoms with Crippen LogP contribution in [0.2, 0.25) is 0 Å². The quantitative estimate of drug-likeness (QED) is 0.929. The topological polar surface area (TPSA) is 42.2 Å². The van der Waals surface area contributed by atoms with Gasteiger partial charge in [-0.2, -0.15) is 13.2 Å². The van der Waals surface area contributed by atoms with Gasteiger partial charge in [-0.05, 0) is 24.3 Å². The predicted octanol–water partition coefficient (Wildman–Crippen LogP) is 3.24. The number of benzene rings is 1. The third-order valence-electron chi connectivity index (χ3n) is 2.38. The fourth-order valence-electron chi connectivity index (χ4n) is 1.54. The Kier molecular flexibility index (Phi) is 3.59. The van der Waals surface area contributed by atoms with E-state index < -0.39 is 18.6 Å². The van der Waals surface area contributed by atoms with E-state index in [0.717, 1.165) is 0 Å². The van der Waals surface area contributed by atoms with Gasteiger partial charge in [0.1, 0.15) is 12.3 Å². The molecule has 1 amide bonds. The summed E-state index contributed by atoms with van der Waals surface area (Å²) in [6.07, 6.45) is -2.94. The minimum Gasteiger partial charge on any atom is -0.464 e. The third-order valence-corrected chi connectivity index (χ3v) is 2.38. The largest absolute Gasteiger partial charge is 0.464 e. The summed E-state index contributed by atoms with van der Waals surface area (Å²) in [5, 5.41) is 1.82. The van der Waals surface area contributed by atoms with E-state index in [4.69, 9.17) is 4.42 Å². The van der Waals surface area contributed by atoms with E-state index in [1.54, 1.807) is 24.3 Å². The molecule has 19 heavy (non-hydrogen) atoms. The number of carbonyl (C=O) groups excluding carboxylic acids is 1. The maximum absolute atomic E-state index is 12.0. The van der Waals surface area contributed by atoms with Gasteiger partial charge in [0.05, 0.1) is 6.26 Å². The molecule has 2 aromatic rings. The Balaban J connectivity index is 2.13. The van der Waals surface area contributed by atoms with Gasteiger partial charge in [-0.25, -0.2) is 0 Å². The summed E-state index contributed by atoms with van der Waals surface area (Å²) in [4.78, 5) is 11.6. The molecular formula is C13H10F3NO2. The number of carbonyl (C=O) groups is 1. The van der Waals surface area contributed by atoms with Crippen molar-refractivity contribution in [1.82, 2.24) is 5.32 Å². The van der Waals surface area contributed by atoms with E-state index >= 15 is 0 Å². The normalized spacial score (nSPS) is 11.3. The van der Waals surface area contributed by atoms with Crippen molar-refractivity contribution in [2.45, 2.75) is 6.18 Å². The summed E-state index contributed by atoms with van der Waals surface area (Å²) in [6.45, 7) is -1.35. The average molecular weight is 269 g/mol. The monoisotopic (exact) mass is 269 g/mol. The second kappa shape index (κ2) is 5.17. The van der Waals surface area contributed by atoms with Crippen LogP contribution in [-0.2, 0) is 0 Å². The number of amides is 1. The van der Waals surface area contributed by atoms with Gasteiger partial charge in [0.25, 0.3) is 5.91 Å². The smallest absolute Gasteiger partial charge is 0.405 e. The zero-order valence-electron chi connectivity index (χ0n) is 9.70. The molecule has 6 heteroatoms. The summed E-state index contributed by atoms with van der Waals surface area (Å²) >= 11 is 0. The number of furan rings is 1. The molecule has 1 aromatic heterocycles. The van der Waals surface area contributed by atoms with Crippen LogP contribution in [0.5, 0.6) is 0 Å². The van der Waals surface area contributed by atoms with E-state index in [1.165, 1.54) is 18.4 Å². The Morgan fingerprint density at radius 1 is 1.21 bits per heavy atom. The molecule has 100 valence electrons. The molecule has 0 spiro atoms. The SMILES string of the molecule is O=C(NCC(F)(F)F)c1cccc(-c2ccco2)c1. The summed E-state index contributed by atoms with van der Waals surface area (Å²) in [6, 6.07) is 9.60. The first-order chi connectivity index (χ1) is 8.96. The minimum atomic E-state index is -4.42. The predicted molar refractivity (Wildman–Crippen MR) is 62.5 cm³/mol. The number of hydrogen-bond donors (Lipinski definition) is 1. The lowest BCUT2D eigenvalue weighted by molar-refractivity contribution is -0.123. The molecule has 3 nitrogen and oxygen atoms in total. The number of rotatable bonds is 3. The molecule has 0 atom stereocenters. The van der Waals surface area contributed by atoms with Gasteiger partial charge in [-0.1, -0.05) is 12.1 Å². The minimum absolute atomic E-state index is 0.151. The molecule has 1 N–H and O–H groups in total. The Labute approximate surface area is 107 Å². The molecule has 0 bridgehead atoms. The van der Waals surface area contributed by atoms with Crippen molar-refractivity contribution in [2.24, 2.45) is 0 Å². The van der Waals surface area contributed by atoms with Gasteiger partial charge in [0.2, 0.25) is 0 Å². The van der Waals surface area contributed by atoms with E-state index in [9.17, 15) is 18.0 Å². The second-order valence-corrected chi connectivity index (χ2v) is 3.86. The van der Waals surface area contributed by atoms with Crippen molar-refractivity contribution in [3.63, 3.8) is 0 Å². The van der Waals surface area contributed by atoms with Gasteiger partial charge in [-0.3, -0.25) is 4.79 Å². The van der Waals surface area contributed by atoms with Crippen LogP contribution in [0.15, 0.2) is 47.1 Å². The molecular weight excluding hydrogens is 259 g/mol. The Morgan fingerprint density at radius 2 is 2.00 bits per heavy atom. The van der Waals surface area contributed by atoms with Crippen molar-refractivity contribution in [1.29, 1.82) is 0 Å². The third kappa shape index (κ3) is 3.61. The van der Waals surface area contributed by atoms with Crippen molar-refractivity contribution in [3.05, 3.63) is 48.2 Å². The number of hydrogen-bond acceptors (Lipinski definition) is 2. The van der Waals surface area contributed by atoms with Crippen LogP contribution < -0.4 is 5.32 Å². The molecule has 1 heterocycles. The van der Waals surface area contributed by atoms with Crippen LogP contribution in [0.1, 0.15) is 10.4 Å². The van der Waals surface area contributed by atoms with Crippen molar-refractivity contribution in [3.8, 4) is 11.3 Å². The van der Waals surface area contributed by atoms with Gasteiger partial charge in [0, 0.05) is 11.1 Å². The fraction of sp³-hybridized carbons (Fsp3) is 0.154. The molecule has 0 unspecified atom stereocenters. The molecule has 0 saturated carbocycles. The molecule has 1 aromatic carbocycles. The summed E-state index contributed by atoms with van der Waals surface area (Å²) < 4.78 is 41.2. The summed E-state index contributed by atoms with van der Waals surface area (Å²) in [7, 11) is 0. The van der Waals surface area contributed by atoms with Crippen molar-refractivity contribution >= 4 is 5.91 Å². The van der Waals surface area contributed by atoms with Crippen LogP contribution >= 0.6 is 0 Å². The standard InChI is InChI=1S/C13H10F3NO2/c14-13(15,16)8-17-12(18)10-4-1-3-9(7-10)11-5-2-6-19-11/h1-7H,8H2,(H,17,18).